The van der Waals surface area contributed by atoms with Crippen LogP contribution >= 0.6 is 12.4 Å². The third-order valence-corrected chi connectivity index (χ3v) is 3.26. The number of hydrogen-bond donors (Lipinski definition) is 3. The second-order valence-corrected chi connectivity index (χ2v) is 5.81. The number of ether oxygens (including phenoxy) is 1. The van der Waals surface area contributed by atoms with Crippen molar-refractivity contribution >= 4 is 24.2 Å². The molecule has 148 valence electrons. The Morgan fingerprint density at radius 3 is 2.23 bits per heavy atom. The van der Waals surface area contributed by atoms with Gasteiger partial charge in [-0.3, -0.25) is 9.59 Å². The Hall–Kier alpha value is -2.00. The summed E-state index contributed by atoms with van der Waals surface area (Å²) in [6.07, 6.45) is -4.39. The highest BCUT2D eigenvalue weighted by Crippen LogP contribution is 2.18. The Bertz CT molecular complexity index is 580. The number of benzene rings is 1. The van der Waals surface area contributed by atoms with E-state index in [-0.39, 0.29) is 37.2 Å². The van der Waals surface area contributed by atoms with Gasteiger partial charge in [0.05, 0.1) is 12.6 Å². The van der Waals surface area contributed by atoms with Gasteiger partial charge in [0.25, 0.3) is 0 Å². The van der Waals surface area contributed by atoms with Gasteiger partial charge in [-0.1, -0.05) is 26.0 Å². The fourth-order valence-corrected chi connectivity index (χ4v) is 1.72. The number of hydrogen-bond acceptors (Lipinski definition) is 4. The average Bonchev–Trinajstić information content (AvgIpc) is 2.55. The zero-order chi connectivity index (χ0) is 19.0. The number of carbonyl (C=O) groups is 2. The van der Waals surface area contributed by atoms with Crippen molar-refractivity contribution in [3.63, 3.8) is 0 Å². The highest BCUT2D eigenvalue weighted by atomic mass is 35.5. The summed E-state index contributed by atoms with van der Waals surface area (Å²) in [4.78, 5) is 23.3. The summed E-state index contributed by atoms with van der Waals surface area (Å²) in [5.74, 6) is -0.763. The number of halogens is 4. The van der Waals surface area contributed by atoms with Crippen LogP contribution in [0.25, 0.3) is 0 Å². The molecule has 4 N–H and O–H groups in total. The molecule has 0 unspecified atom stereocenters. The minimum Gasteiger partial charge on any atom is -0.484 e. The van der Waals surface area contributed by atoms with Crippen molar-refractivity contribution in [3.05, 3.63) is 29.8 Å². The summed E-state index contributed by atoms with van der Waals surface area (Å²) in [6, 6.07) is 5.17. The van der Waals surface area contributed by atoms with E-state index in [4.69, 9.17) is 5.73 Å². The lowest BCUT2D eigenvalue weighted by atomic mass is 10.1. The van der Waals surface area contributed by atoms with E-state index >= 15 is 0 Å². The third kappa shape index (κ3) is 9.47. The van der Waals surface area contributed by atoms with Crippen molar-refractivity contribution in [3.8, 4) is 5.75 Å². The van der Waals surface area contributed by atoms with Gasteiger partial charge in [-0.05, 0) is 23.6 Å². The average molecular weight is 398 g/mol. The monoisotopic (exact) mass is 397 g/mol. The Balaban J connectivity index is 0.00000625. The fourth-order valence-electron chi connectivity index (χ4n) is 1.72. The van der Waals surface area contributed by atoms with Crippen molar-refractivity contribution in [1.82, 2.24) is 10.6 Å². The van der Waals surface area contributed by atoms with Gasteiger partial charge in [-0.15, -0.1) is 12.4 Å². The van der Waals surface area contributed by atoms with E-state index in [0.717, 1.165) is 0 Å². The maximum atomic E-state index is 12.0. The molecule has 2 amide bonds. The van der Waals surface area contributed by atoms with Crippen LogP contribution in [-0.2, 0) is 16.1 Å². The quantitative estimate of drug-likeness (QED) is 0.623. The third-order valence-electron chi connectivity index (χ3n) is 3.26. The molecule has 6 nitrogen and oxygen atoms in total. The minimum atomic E-state index is -4.39. The van der Waals surface area contributed by atoms with Crippen molar-refractivity contribution in [2.75, 3.05) is 13.2 Å². The molecule has 0 aliphatic rings. The second-order valence-electron chi connectivity index (χ2n) is 5.81. The van der Waals surface area contributed by atoms with Crippen molar-refractivity contribution in [2.24, 2.45) is 11.7 Å². The normalized spacial score (nSPS) is 12.1. The van der Waals surface area contributed by atoms with E-state index in [1.165, 1.54) is 12.1 Å². The first kappa shape index (κ1) is 24.0. The first-order valence-electron chi connectivity index (χ1n) is 7.67. The van der Waals surface area contributed by atoms with Gasteiger partial charge in [0.2, 0.25) is 11.8 Å². The van der Waals surface area contributed by atoms with Gasteiger partial charge in [-0.25, -0.2) is 0 Å². The van der Waals surface area contributed by atoms with Crippen LogP contribution in [0.3, 0.4) is 0 Å². The molecular weight excluding hydrogens is 375 g/mol. The van der Waals surface area contributed by atoms with E-state index in [0.29, 0.717) is 5.56 Å². The lowest BCUT2D eigenvalue weighted by Crippen LogP contribution is -2.47. The molecule has 1 aromatic carbocycles. The van der Waals surface area contributed by atoms with Gasteiger partial charge < -0.3 is 21.1 Å². The zero-order valence-electron chi connectivity index (χ0n) is 14.4. The molecule has 1 atom stereocenters. The predicted molar refractivity (Wildman–Crippen MR) is 92.9 cm³/mol. The molecular formula is C16H23ClF3N3O3. The SMILES string of the molecule is CC(C)[C@H](N)C(=O)NCC(=O)NCc1ccc(OCC(F)(F)F)cc1.Cl. The van der Waals surface area contributed by atoms with Crippen LogP contribution in [0, 0.1) is 5.92 Å². The van der Waals surface area contributed by atoms with Gasteiger partial charge in [0, 0.05) is 6.54 Å². The van der Waals surface area contributed by atoms with Crippen molar-refractivity contribution in [2.45, 2.75) is 32.6 Å². The van der Waals surface area contributed by atoms with Gasteiger partial charge in [0.1, 0.15) is 5.75 Å². The molecule has 26 heavy (non-hydrogen) atoms. The first-order valence-corrected chi connectivity index (χ1v) is 7.67. The minimum absolute atomic E-state index is 0. The maximum Gasteiger partial charge on any atom is 0.422 e. The molecule has 0 heterocycles. The highest BCUT2D eigenvalue weighted by Gasteiger charge is 2.28. The van der Waals surface area contributed by atoms with Crippen LogP contribution in [0.1, 0.15) is 19.4 Å². The molecule has 0 saturated heterocycles. The summed E-state index contributed by atoms with van der Waals surface area (Å²) >= 11 is 0. The Morgan fingerprint density at radius 1 is 1.15 bits per heavy atom. The topological polar surface area (TPSA) is 93.5 Å². The first-order chi connectivity index (χ1) is 11.6. The maximum absolute atomic E-state index is 12.0. The van der Waals surface area contributed by atoms with Gasteiger partial charge in [0.15, 0.2) is 6.61 Å². The molecule has 0 aliphatic heterocycles. The number of nitrogens with two attached hydrogens (primary N) is 1. The predicted octanol–water partition coefficient (Wildman–Crippen LogP) is 1.77. The number of carbonyl (C=O) groups excluding carboxylic acids is 2. The summed E-state index contributed by atoms with van der Waals surface area (Å²) in [6.45, 7) is 2.20. The zero-order valence-corrected chi connectivity index (χ0v) is 15.2. The van der Waals surface area contributed by atoms with Crippen molar-refractivity contribution in [1.29, 1.82) is 0 Å². The fraction of sp³-hybridized carbons (Fsp3) is 0.500. The number of rotatable bonds is 8. The van der Waals surface area contributed by atoms with Crippen LogP contribution in [0.15, 0.2) is 24.3 Å². The smallest absolute Gasteiger partial charge is 0.422 e. The van der Waals surface area contributed by atoms with E-state index in [1.54, 1.807) is 26.0 Å². The van der Waals surface area contributed by atoms with E-state index in [1.807, 2.05) is 0 Å². The number of alkyl halides is 3. The van der Waals surface area contributed by atoms with Crippen LogP contribution in [-0.4, -0.2) is 37.2 Å². The van der Waals surface area contributed by atoms with Gasteiger partial charge >= 0.3 is 6.18 Å². The molecule has 1 aromatic rings. The Morgan fingerprint density at radius 2 is 1.73 bits per heavy atom. The number of amides is 2. The molecule has 0 spiro atoms. The summed E-state index contributed by atoms with van der Waals surface area (Å²) < 4.78 is 40.7. The number of nitrogens with one attached hydrogen (secondary N) is 2. The van der Waals surface area contributed by atoms with Crippen LogP contribution in [0.4, 0.5) is 13.2 Å². The van der Waals surface area contributed by atoms with Crippen LogP contribution in [0.2, 0.25) is 0 Å². The van der Waals surface area contributed by atoms with Crippen molar-refractivity contribution < 1.29 is 27.5 Å². The molecule has 0 fully saturated rings. The largest absolute Gasteiger partial charge is 0.484 e. The molecule has 0 bridgehead atoms. The second kappa shape index (κ2) is 10.9. The molecule has 1 rings (SSSR count). The Kier molecular flexibility index (Phi) is 10.0. The molecule has 0 saturated carbocycles. The van der Waals surface area contributed by atoms with Gasteiger partial charge in [-0.2, -0.15) is 13.2 Å². The molecule has 0 radical (unpaired) electrons. The standard InChI is InChI=1S/C16H22F3N3O3.ClH/c1-10(2)14(20)15(24)22-8-13(23)21-7-11-3-5-12(6-4-11)25-9-16(17,18)19;/h3-6,10,14H,7-9,20H2,1-2H3,(H,21,23)(H,22,24);1H/t14-;/m0./s1. The van der Waals surface area contributed by atoms with Crippen LogP contribution < -0.4 is 21.1 Å². The summed E-state index contributed by atoms with van der Waals surface area (Å²) in [5.41, 5.74) is 6.33. The highest BCUT2D eigenvalue weighted by molar-refractivity contribution is 5.87. The van der Waals surface area contributed by atoms with E-state index in [9.17, 15) is 22.8 Å². The lowest BCUT2D eigenvalue weighted by molar-refractivity contribution is -0.153. The van der Waals surface area contributed by atoms with E-state index in [2.05, 4.69) is 15.4 Å². The molecule has 10 heteroatoms. The molecule has 0 aliphatic carbocycles. The Labute approximate surface area is 156 Å². The van der Waals surface area contributed by atoms with Crippen LogP contribution in [0.5, 0.6) is 5.75 Å². The summed E-state index contributed by atoms with van der Waals surface area (Å²) in [5, 5.41) is 5.02. The van der Waals surface area contributed by atoms with E-state index < -0.39 is 30.6 Å². The molecule has 0 aromatic heterocycles. The lowest BCUT2D eigenvalue weighted by Gasteiger charge is -2.15. The summed E-state index contributed by atoms with van der Waals surface area (Å²) in [7, 11) is 0.